The van der Waals surface area contributed by atoms with Crippen LogP contribution >= 0.6 is 0 Å². The fourth-order valence-corrected chi connectivity index (χ4v) is 6.37. The van der Waals surface area contributed by atoms with E-state index in [1.807, 2.05) is 6.92 Å². The number of likely N-dealkylation sites (tertiary alicyclic amines) is 2. The number of hydrogen-bond acceptors (Lipinski definition) is 4. The van der Waals surface area contributed by atoms with E-state index < -0.39 is 5.85 Å². The highest BCUT2D eigenvalue weighted by molar-refractivity contribution is 5.91. The van der Waals surface area contributed by atoms with E-state index in [4.69, 9.17) is 0 Å². The van der Waals surface area contributed by atoms with Gasteiger partial charge in [0, 0.05) is 61.1 Å². The maximum Gasteiger partial charge on any atom is 0.195 e. The predicted octanol–water partition coefficient (Wildman–Crippen LogP) is 4.71. The number of para-hydroxylation sites is 1. The third-order valence-corrected chi connectivity index (χ3v) is 8.16. The van der Waals surface area contributed by atoms with Crippen molar-refractivity contribution >= 4 is 17.0 Å². The summed E-state index contributed by atoms with van der Waals surface area (Å²) in [5.41, 5.74) is 4.85. The Hall–Kier alpha value is -2.60. The number of aromatic nitrogens is 1. The average molecular weight is 443 g/mol. The van der Waals surface area contributed by atoms with E-state index in [1.54, 1.807) is 0 Å². The van der Waals surface area contributed by atoms with Crippen LogP contribution in [0, 0.1) is 0 Å². The van der Waals surface area contributed by atoms with Crippen molar-refractivity contribution in [3.05, 3.63) is 77.6 Å². The molecular weight excluding hydrogens is 408 g/mol. The maximum atomic E-state index is 11.9. The van der Waals surface area contributed by atoms with Gasteiger partial charge in [-0.05, 0) is 50.3 Å². The first-order valence-corrected chi connectivity index (χ1v) is 12.4. The highest BCUT2D eigenvalue weighted by Gasteiger charge is 2.52. The molecule has 1 spiro atoms. The first kappa shape index (κ1) is 21.0. The standard InChI is InChI=1S/C28H34N4O/c1-27(33,31-16-7-8-17-31)32-18-13-24-23-11-5-6-12-25(23)29-26(24)28(32)14-19-30(20-15-28)21-22-9-3-2-4-10-22/h2-6,9-13,18,29,33H,7-8,14-17,19-21H2,1H3. The first-order valence-electron chi connectivity index (χ1n) is 12.4. The molecule has 0 aliphatic carbocycles. The molecule has 2 N–H and O–H groups in total. The number of nitrogens with zero attached hydrogens (tertiary/aromatic N) is 3. The van der Waals surface area contributed by atoms with Gasteiger partial charge in [0.1, 0.15) is 0 Å². The minimum absolute atomic E-state index is 0.248. The van der Waals surface area contributed by atoms with Gasteiger partial charge in [-0.25, -0.2) is 0 Å². The van der Waals surface area contributed by atoms with Crippen LogP contribution in [0.4, 0.5) is 0 Å². The Kier molecular flexibility index (Phi) is 5.09. The number of fused-ring (bicyclic) bond motifs is 4. The lowest BCUT2D eigenvalue weighted by atomic mass is 9.78. The minimum atomic E-state index is -1.01. The molecule has 1 atom stereocenters. The van der Waals surface area contributed by atoms with E-state index in [-0.39, 0.29) is 5.54 Å². The Morgan fingerprint density at radius 3 is 2.39 bits per heavy atom. The molecule has 0 amide bonds. The molecule has 1 unspecified atom stereocenters. The van der Waals surface area contributed by atoms with Crippen LogP contribution in [0.3, 0.4) is 0 Å². The lowest BCUT2D eigenvalue weighted by Gasteiger charge is -2.56. The molecule has 5 nitrogen and oxygen atoms in total. The second kappa shape index (κ2) is 8.01. The van der Waals surface area contributed by atoms with Crippen molar-refractivity contribution < 1.29 is 5.11 Å². The molecule has 2 fully saturated rings. The van der Waals surface area contributed by atoms with Crippen LogP contribution in [-0.2, 0) is 12.1 Å². The zero-order chi connectivity index (χ0) is 22.5. The predicted molar refractivity (Wildman–Crippen MR) is 133 cm³/mol. The van der Waals surface area contributed by atoms with Gasteiger partial charge in [-0.3, -0.25) is 9.80 Å². The molecular formula is C28H34N4O. The maximum absolute atomic E-state index is 11.9. The zero-order valence-corrected chi connectivity index (χ0v) is 19.5. The van der Waals surface area contributed by atoms with Crippen molar-refractivity contribution in [2.75, 3.05) is 26.2 Å². The molecule has 6 rings (SSSR count). The minimum Gasteiger partial charge on any atom is -0.358 e. The van der Waals surface area contributed by atoms with E-state index >= 15 is 0 Å². The van der Waals surface area contributed by atoms with Crippen LogP contribution in [-0.4, -0.2) is 56.8 Å². The van der Waals surface area contributed by atoms with Crippen LogP contribution in [0.5, 0.6) is 0 Å². The number of benzene rings is 2. The van der Waals surface area contributed by atoms with Gasteiger partial charge in [-0.1, -0.05) is 48.5 Å². The summed E-state index contributed by atoms with van der Waals surface area (Å²) in [7, 11) is 0. The van der Waals surface area contributed by atoms with E-state index in [1.165, 1.54) is 27.7 Å². The Bertz CT molecular complexity index is 1150. The molecule has 0 saturated carbocycles. The molecule has 33 heavy (non-hydrogen) atoms. The average Bonchev–Trinajstić information content (AvgIpc) is 3.51. The van der Waals surface area contributed by atoms with E-state index in [0.29, 0.717) is 0 Å². The summed E-state index contributed by atoms with van der Waals surface area (Å²) in [6, 6.07) is 19.4. The van der Waals surface area contributed by atoms with Crippen molar-refractivity contribution in [2.45, 2.75) is 50.5 Å². The molecule has 5 heteroatoms. The number of piperidine rings is 1. The van der Waals surface area contributed by atoms with Crippen molar-refractivity contribution in [1.29, 1.82) is 0 Å². The second-order valence-corrected chi connectivity index (χ2v) is 10.1. The molecule has 3 aliphatic rings. The molecule has 0 bridgehead atoms. The van der Waals surface area contributed by atoms with Gasteiger partial charge >= 0.3 is 0 Å². The van der Waals surface area contributed by atoms with E-state index in [0.717, 1.165) is 58.4 Å². The summed E-state index contributed by atoms with van der Waals surface area (Å²) < 4.78 is 0. The van der Waals surface area contributed by atoms with Gasteiger partial charge in [0.25, 0.3) is 0 Å². The monoisotopic (exact) mass is 442 g/mol. The molecule has 2 saturated heterocycles. The van der Waals surface area contributed by atoms with Crippen LogP contribution in [0.2, 0.25) is 0 Å². The van der Waals surface area contributed by atoms with Gasteiger partial charge in [0.05, 0.1) is 5.54 Å². The highest BCUT2D eigenvalue weighted by atomic mass is 16.3. The van der Waals surface area contributed by atoms with Gasteiger partial charge in [0.15, 0.2) is 5.85 Å². The summed E-state index contributed by atoms with van der Waals surface area (Å²) in [5, 5.41) is 13.2. The largest absolute Gasteiger partial charge is 0.358 e. The summed E-state index contributed by atoms with van der Waals surface area (Å²) in [4.78, 5) is 10.9. The fourth-order valence-electron chi connectivity index (χ4n) is 6.37. The molecule has 1 aromatic heterocycles. The smallest absolute Gasteiger partial charge is 0.195 e. The van der Waals surface area contributed by atoms with Gasteiger partial charge in [-0.2, -0.15) is 0 Å². The van der Waals surface area contributed by atoms with Crippen molar-refractivity contribution in [1.82, 2.24) is 19.7 Å². The Morgan fingerprint density at radius 1 is 0.939 bits per heavy atom. The Labute approximate surface area is 196 Å². The van der Waals surface area contributed by atoms with E-state index in [2.05, 4.69) is 86.6 Å². The van der Waals surface area contributed by atoms with Crippen molar-refractivity contribution in [3.8, 4) is 0 Å². The van der Waals surface area contributed by atoms with Gasteiger partial charge < -0.3 is 15.0 Å². The Morgan fingerprint density at radius 2 is 1.64 bits per heavy atom. The number of rotatable bonds is 4. The number of nitrogens with one attached hydrogen (secondary N) is 1. The quantitative estimate of drug-likeness (QED) is 0.614. The normalized spacial score (nSPS) is 22.7. The summed E-state index contributed by atoms with van der Waals surface area (Å²) >= 11 is 0. The van der Waals surface area contributed by atoms with Crippen LogP contribution in [0.15, 0.2) is 60.8 Å². The molecule has 2 aromatic carbocycles. The fraction of sp³-hybridized carbons (Fsp3) is 0.429. The molecule has 3 aromatic rings. The van der Waals surface area contributed by atoms with Crippen LogP contribution in [0.25, 0.3) is 17.0 Å². The van der Waals surface area contributed by atoms with Gasteiger partial charge in [0.2, 0.25) is 0 Å². The summed E-state index contributed by atoms with van der Waals surface area (Å²) in [6.45, 7) is 6.89. The molecule has 3 aliphatic heterocycles. The number of H-pyrrole nitrogens is 1. The molecule has 4 heterocycles. The lowest BCUT2D eigenvalue weighted by Crippen LogP contribution is -2.65. The third kappa shape index (κ3) is 3.41. The van der Waals surface area contributed by atoms with Crippen molar-refractivity contribution in [2.24, 2.45) is 0 Å². The first-order chi connectivity index (χ1) is 16.1. The lowest BCUT2D eigenvalue weighted by molar-refractivity contribution is -0.221. The van der Waals surface area contributed by atoms with Crippen LogP contribution in [0.1, 0.15) is 49.4 Å². The summed E-state index contributed by atoms with van der Waals surface area (Å²) in [6.07, 6.45) is 8.66. The van der Waals surface area contributed by atoms with Crippen molar-refractivity contribution in [3.63, 3.8) is 0 Å². The second-order valence-electron chi connectivity index (χ2n) is 10.1. The SMILES string of the molecule is CC(O)(N1CCCC1)N1C=Cc2c([nH]c3ccccc23)C12CCN(Cc1ccccc1)CC2. The highest BCUT2D eigenvalue weighted by Crippen LogP contribution is 2.49. The van der Waals surface area contributed by atoms with Gasteiger partial charge in [-0.15, -0.1) is 0 Å². The molecule has 0 radical (unpaired) electrons. The van der Waals surface area contributed by atoms with Crippen LogP contribution < -0.4 is 0 Å². The number of aliphatic hydroxyl groups is 1. The third-order valence-electron chi connectivity index (χ3n) is 8.16. The summed E-state index contributed by atoms with van der Waals surface area (Å²) in [5.74, 6) is -1.01. The topological polar surface area (TPSA) is 45.7 Å². The Balaban J connectivity index is 1.38. The molecule has 172 valence electrons. The number of hydrogen-bond donors (Lipinski definition) is 2. The number of aromatic amines is 1. The van der Waals surface area contributed by atoms with E-state index in [9.17, 15) is 5.11 Å². The zero-order valence-electron chi connectivity index (χ0n) is 19.5.